The van der Waals surface area contributed by atoms with Crippen LogP contribution in [0.4, 0.5) is 0 Å². The first-order valence-corrected chi connectivity index (χ1v) is 18.3. The maximum atomic E-state index is 14.5. The monoisotopic (exact) mass is 630 g/mol. The Bertz CT molecular complexity index is 1820. The molecule has 1 aromatic carbocycles. The van der Waals surface area contributed by atoms with Gasteiger partial charge < -0.3 is 19.1 Å². The Morgan fingerprint density at radius 2 is 1.84 bits per heavy atom. The van der Waals surface area contributed by atoms with E-state index in [9.17, 15) is 18.0 Å². The second kappa shape index (κ2) is 10.6. The van der Waals surface area contributed by atoms with Crippen LogP contribution in [-0.2, 0) is 26.2 Å². The summed E-state index contributed by atoms with van der Waals surface area (Å²) < 4.78 is 35.4. The number of piperazine rings is 1. The highest BCUT2D eigenvalue weighted by Gasteiger charge is 2.52. The van der Waals surface area contributed by atoms with Gasteiger partial charge >= 0.3 is 0 Å². The fourth-order valence-electron chi connectivity index (χ4n) is 9.14. The average Bonchev–Trinajstić information content (AvgIpc) is 3.66. The van der Waals surface area contributed by atoms with E-state index >= 15 is 0 Å². The summed E-state index contributed by atoms with van der Waals surface area (Å²) in [5.74, 6) is 0.143. The van der Waals surface area contributed by atoms with Gasteiger partial charge in [0, 0.05) is 48.7 Å². The number of hydrogen-bond donors (Lipinski definition) is 1. The Kier molecular flexibility index (Phi) is 6.84. The van der Waals surface area contributed by atoms with Crippen LogP contribution in [-0.4, -0.2) is 79.7 Å². The van der Waals surface area contributed by atoms with Gasteiger partial charge in [0.2, 0.25) is 15.9 Å². The number of hydrogen-bond acceptors (Lipinski definition) is 6. The number of likely N-dealkylation sites (tertiary alicyclic amines) is 2. The van der Waals surface area contributed by atoms with Crippen molar-refractivity contribution in [2.45, 2.75) is 82.3 Å². The van der Waals surface area contributed by atoms with E-state index in [1.165, 1.54) is 31.7 Å². The number of carbonyl (C=O) groups excluding carboxylic acids is 2. The van der Waals surface area contributed by atoms with Crippen LogP contribution < -0.4 is 9.46 Å². The van der Waals surface area contributed by atoms with Gasteiger partial charge in [-0.2, -0.15) is 0 Å². The molecule has 6 aliphatic rings. The molecule has 3 aliphatic heterocycles. The van der Waals surface area contributed by atoms with Crippen LogP contribution in [0.1, 0.15) is 75.0 Å². The predicted octanol–water partition coefficient (Wildman–Crippen LogP) is 4.36. The van der Waals surface area contributed by atoms with Gasteiger partial charge in [-0.3, -0.25) is 9.59 Å². The van der Waals surface area contributed by atoms with Crippen molar-refractivity contribution in [3.8, 4) is 5.75 Å². The first kappa shape index (κ1) is 29.1. The minimum absolute atomic E-state index is 0.170. The molecule has 0 spiro atoms. The van der Waals surface area contributed by atoms with Gasteiger partial charge in [-0.1, -0.05) is 37.5 Å². The SMILES string of the molecule is CCS(=O)(=O)NC(=O)C1=C2Cn3c(cc4c(OC)ccc(C5CCCCC5)c43)C3C(=C21)C=CC[C@H]3C(=O)N1C2CC1CN(C)C2. The molecular formula is C35H42N4O5S. The smallest absolute Gasteiger partial charge is 0.265 e. The van der Waals surface area contributed by atoms with Crippen molar-refractivity contribution in [3.63, 3.8) is 0 Å². The Hall–Kier alpha value is -3.37. The van der Waals surface area contributed by atoms with Gasteiger partial charge in [0.1, 0.15) is 5.75 Å². The molecule has 3 aliphatic carbocycles. The summed E-state index contributed by atoms with van der Waals surface area (Å²) in [7, 11) is 0.103. The number of amides is 2. The van der Waals surface area contributed by atoms with Gasteiger partial charge in [0.05, 0.1) is 29.9 Å². The molecular weight excluding hydrogens is 588 g/mol. The Morgan fingerprint density at radius 3 is 2.56 bits per heavy atom. The zero-order valence-electron chi connectivity index (χ0n) is 26.3. The maximum Gasteiger partial charge on any atom is 0.265 e. The molecule has 3 unspecified atom stereocenters. The van der Waals surface area contributed by atoms with E-state index in [1.54, 1.807) is 7.11 Å². The minimum Gasteiger partial charge on any atom is -0.496 e. The molecule has 2 amide bonds. The number of aromatic nitrogens is 1. The normalized spacial score (nSPS) is 27.8. The minimum atomic E-state index is -3.73. The largest absolute Gasteiger partial charge is 0.496 e. The van der Waals surface area contributed by atoms with Crippen molar-refractivity contribution in [2.24, 2.45) is 5.92 Å². The molecule has 45 heavy (non-hydrogen) atoms. The molecule has 8 rings (SSSR count). The first-order chi connectivity index (χ1) is 21.7. The summed E-state index contributed by atoms with van der Waals surface area (Å²) in [5.41, 5.74) is 6.63. The number of ether oxygens (including phenoxy) is 1. The number of fused-ring (bicyclic) bond motifs is 8. The summed E-state index contributed by atoms with van der Waals surface area (Å²) in [6.07, 6.45) is 11.8. The lowest BCUT2D eigenvalue weighted by molar-refractivity contribution is -0.158. The first-order valence-electron chi connectivity index (χ1n) is 16.6. The van der Waals surface area contributed by atoms with Crippen LogP contribution >= 0.6 is 0 Å². The molecule has 10 heteroatoms. The van der Waals surface area contributed by atoms with E-state index in [2.05, 4.69) is 56.5 Å². The summed E-state index contributed by atoms with van der Waals surface area (Å²) in [6.45, 7) is 3.78. The summed E-state index contributed by atoms with van der Waals surface area (Å²) in [4.78, 5) is 32.5. The number of rotatable bonds is 6. The number of sulfonamides is 1. The number of methoxy groups -OCH3 is 1. The van der Waals surface area contributed by atoms with Crippen molar-refractivity contribution in [2.75, 3.05) is 33.0 Å². The van der Waals surface area contributed by atoms with Crippen molar-refractivity contribution in [1.29, 1.82) is 0 Å². The number of nitrogens with zero attached hydrogens (tertiary/aromatic N) is 3. The van der Waals surface area contributed by atoms with Gasteiger partial charge in [0.15, 0.2) is 0 Å². The molecule has 9 nitrogen and oxygen atoms in total. The Morgan fingerprint density at radius 1 is 1.09 bits per heavy atom. The number of allylic oxidation sites excluding steroid dienone is 4. The second-order valence-electron chi connectivity index (χ2n) is 13.9. The maximum absolute atomic E-state index is 14.5. The molecule has 238 valence electrons. The Labute approximate surface area is 265 Å². The quantitative estimate of drug-likeness (QED) is 0.509. The number of benzene rings is 1. The summed E-state index contributed by atoms with van der Waals surface area (Å²) in [5, 5.41) is 1.04. The lowest BCUT2D eigenvalue weighted by atomic mass is 9.74. The van der Waals surface area contributed by atoms with E-state index in [1.807, 2.05) is 0 Å². The number of likely N-dealkylation sites (N-methyl/N-ethyl adjacent to an activating group) is 1. The second-order valence-corrected chi connectivity index (χ2v) is 15.9. The third kappa shape index (κ3) is 4.53. The fraction of sp³-hybridized carbons (Fsp3) is 0.543. The van der Waals surface area contributed by atoms with Gasteiger partial charge in [-0.05, 0) is 80.0 Å². The van der Waals surface area contributed by atoms with Gasteiger partial charge in [-0.15, -0.1) is 0 Å². The molecule has 1 N–H and O–H groups in total. The third-order valence-corrected chi connectivity index (χ3v) is 12.5. The van der Waals surface area contributed by atoms with Crippen LogP contribution in [0.15, 0.2) is 52.6 Å². The molecule has 1 aromatic heterocycles. The molecule has 4 atom stereocenters. The highest BCUT2D eigenvalue weighted by molar-refractivity contribution is 7.90. The standard InChI is InChI=1S/C35H42N4O5S/c1-4-45(42,43)36-34(40)32-27-19-38-28(16-26-29(44-3)14-13-23(33(26)38)20-9-6-5-7-10-20)30-24(31(27)32)11-8-12-25(30)35(41)39-21-15-22(39)18-37(2)17-21/h8,11,13-14,16,20-22,25,30H,4-7,9-10,12,15,17-19H2,1-3H3,(H,36,40)/t21?,22?,25-,30?/m1/s1. The topological polar surface area (TPSA) is 101 Å². The lowest BCUT2D eigenvalue weighted by Gasteiger charge is -2.57. The van der Waals surface area contributed by atoms with E-state index in [0.717, 1.165) is 71.4 Å². The van der Waals surface area contributed by atoms with E-state index < -0.39 is 15.9 Å². The van der Waals surface area contributed by atoms with Crippen molar-refractivity contribution < 1.29 is 22.7 Å². The van der Waals surface area contributed by atoms with Crippen LogP contribution in [0, 0.1) is 5.92 Å². The van der Waals surface area contributed by atoms with E-state index in [0.29, 0.717) is 24.5 Å². The third-order valence-electron chi connectivity index (χ3n) is 11.3. The summed E-state index contributed by atoms with van der Waals surface area (Å²) in [6, 6.07) is 7.03. The van der Waals surface area contributed by atoms with Crippen LogP contribution in [0.3, 0.4) is 0 Å². The van der Waals surface area contributed by atoms with E-state index in [-0.39, 0.29) is 35.6 Å². The van der Waals surface area contributed by atoms with Crippen LogP contribution in [0.25, 0.3) is 10.9 Å². The van der Waals surface area contributed by atoms with Gasteiger partial charge in [0.25, 0.3) is 5.91 Å². The van der Waals surface area contributed by atoms with Crippen LogP contribution in [0.2, 0.25) is 0 Å². The lowest BCUT2D eigenvalue weighted by Crippen LogP contribution is -2.70. The van der Waals surface area contributed by atoms with Crippen molar-refractivity contribution >= 4 is 32.7 Å². The fourth-order valence-corrected chi connectivity index (χ4v) is 9.67. The molecule has 3 fully saturated rings. The van der Waals surface area contributed by atoms with Gasteiger partial charge in [-0.25, -0.2) is 13.1 Å². The molecule has 2 aromatic rings. The predicted molar refractivity (Wildman–Crippen MR) is 172 cm³/mol. The zero-order valence-corrected chi connectivity index (χ0v) is 27.2. The highest BCUT2D eigenvalue weighted by atomic mass is 32.2. The highest BCUT2D eigenvalue weighted by Crippen LogP contribution is 2.55. The average molecular weight is 631 g/mol. The molecule has 2 bridgehead atoms. The number of carbonyl (C=O) groups is 2. The molecule has 0 radical (unpaired) electrons. The zero-order chi connectivity index (χ0) is 31.2. The number of nitrogens with one attached hydrogen (secondary N) is 1. The van der Waals surface area contributed by atoms with Crippen molar-refractivity contribution in [3.05, 3.63) is 63.9 Å². The van der Waals surface area contributed by atoms with E-state index in [4.69, 9.17) is 4.74 Å². The number of piperidine rings is 1. The summed E-state index contributed by atoms with van der Waals surface area (Å²) >= 11 is 0. The molecule has 4 heterocycles. The molecule has 1 saturated carbocycles. The van der Waals surface area contributed by atoms with Crippen molar-refractivity contribution in [1.82, 2.24) is 19.1 Å². The molecule has 2 saturated heterocycles. The Balaban J connectivity index is 1.30. The van der Waals surface area contributed by atoms with Crippen LogP contribution in [0.5, 0.6) is 5.75 Å².